The Labute approximate surface area is 118 Å². The molecule has 1 aromatic rings. The molecule has 102 valence electrons. The molecule has 0 aliphatic rings. The number of benzene rings is 1. The SMILES string of the molecule is Cc1ccc(S(=O)(=O)N[C@H](CBr)CC(C)C)cc1. The van der Waals surface area contributed by atoms with Crippen LogP contribution in [0.5, 0.6) is 0 Å². The minimum absolute atomic E-state index is 0.0729. The van der Waals surface area contributed by atoms with Gasteiger partial charge in [-0.05, 0) is 31.4 Å². The summed E-state index contributed by atoms with van der Waals surface area (Å²) >= 11 is 3.35. The minimum Gasteiger partial charge on any atom is -0.207 e. The highest BCUT2D eigenvalue weighted by Crippen LogP contribution is 2.14. The highest BCUT2D eigenvalue weighted by Gasteiger charge is 2.19. The van der Waals surface area contributed by atoms with Gasteiger partial charge in [0.05, 0.1) is 4.90 Å². The lowest BCUT2D eigenvalue weighted by Gasteiger charge is -2.18. The Bertz CT molecular complexity index is 468. The van der Waals surface area contributed by atoms with Gasteiger partial charge in [-0.25, -0.2) is 13.1 Å². The smallest absolute Gasteiger partial charge is 0.207 e. The van der Waals surface area contributed by atoms with E-state index in [1.807, 2.05) is 6.92 Å². The van der Waals surface area contributed by atoms with Gasteiger partial charge in [0, 0.05) is 11.4 Å². The van der Waals surface area contributed by atoms with E-state index in [4.69, 9.17) is 0 Å². The minimum atomic E-state index is -3.41. The van der Waals surface area contributed by atoms with Crippen LogP contribution in [0.1, 0.15) is 25.8 Å². The van der Waals surface area contributed by atoms with Crippen molar-refractivity contribution in [1.82, 2.24) is 4.72 Å². The summed E-state index contributed by atoms with van der Waals surface area (Å²) in [5.41, 5.74) is 1.05. The quantitative estimate of drug-likeness (QED) is 0.813. The van der Waals surface area contributed by atoms with Crippen LogP contribution in [0.4, 0.5) is 0 Å². The molecule has 0 heterocycles. The summed E-state index contributed by atoms with van der Waals surface area (Å²) in [6.07, 6.45) is 0.816. The van der Waals surface area contributed by atoms with Gasteiger partial charge >= 0.3 is 0 Å². The molecule has 0 unspecified atom stereocenters. The van der Waals surface area contributed by atoms with Crippen LogP contribution >= 0.6 is 15.9 Å². The van der Waals surface area contributed by atoms with Crippen molar-refractivity contribution in [3.05, 3.63) is 29.8 Å². The first-order valence-corrected chi connectivity index (χ1v) is 8.60. The summed E-state index contributed by atoms with van der Waals surface area (Å²) in [5, 5.41) is 0.621. The first-order chi connectivity index (χ1) is 8.35. The number of halogens is 1. The molecule has 0 fully saturated rings. The molecule has 3 nitrogen and oxygen atoms in total. The molecule has 18 heavy (non-hydrogen) atoms. The number of aryl methyl sites for hydroxylation is 1. The third-order valence-electron chi connectivity index (χ3n) is 2.60. The molecular weight excluding hydrogens is 314 g/mol. The third kappa shape index (κ3) is 4.71. The summed E-state index contributed by atoms with van der Waals surface area (Å²) in [7, 11) is -3.41. The van der Waals surface area contributed by atoms with Gasteiger partial charge in [-0.1, -0.05) is 47.5 Å². The number of rotatable bonds is 6. The van der Waals surface area contributed by atoms with E-state index in [0.29, 0.717) is 16.1 Å². The van der Waals surface area contributed by atoms with E-state index in [0.717, 1.165) is 12.0 Å². The second-order valence-corrected chi connectivity index (χ2v) is 7.28. The molecule has 0 bridgehead atoms. The summed E-state index contributed by atoms with van der Waals surface area (Å²) in [6.45, 7) is 6.09. The van der Waals surface area contributed by atoms with Gasteiger partial charge in [-0.2, -0.15) is 0 Å². The zero-order valence-electron chi connectivity index (χ0n) is 11.0. The fourth-order valence-corrected chi connectivity index (χ4v) is 3.61. The highest BCUT2D eigenvalue weighted by molar-refractivity contribution is 9.09. The molecular formula is C13H20BrNO2S. The lowest BCUT2D eigenvalue weighted by atomic mass is 10.1. The molecule has 1 N–H and O–H groups in total. The lowest BCUT2D eigenvalue weighted by Crippen LogP contribution is -2.36. The van der Waals surface area contributed by atoms with Crippen LogP contribution in [0, 0.1) is 12.8 Å². The third-order valence-corrected chi connectivity index (χ3v) is 4.91. The maximum absolute atomic E-state index is 12.2. The van der Waals surface area contributed by atoms with E-state index in [1.54, 1.807) is 24.3 Å². The van der Waals surface area contributed by atoms with Crippen molar-refractivity contribution in [2.45, 2.75) is 38.1 Å². The Morgan fingerprint density at radius 1 is 1.22 bits per heavy atom. The molecule has 0 amide bonds. The second kappa shape index (κ2) is 6.68. The van der Waals surface area contributed by atoms with E-state index in [2.05, 4.69) is 34.5 Å². The van der Waals surface area contributed by atoms with Crippen LogP contribution in [0.15, 0.2) is 29.2 Å². The number of sulfonamides is 1. The van der Waals surface area contributed by atoms with Crippen molar-refractivity contribution in [2.75, 3.05) is 5.33 Å². The number of hydrogen-bond donors (Lipinski definition) is 1. The van der Waals surface area contributed by atoms with Crippen LogP contribution < -0.4 is 4.72 Å². The highest BCUT2D eigenvalue weighted by atomic mass is 79.9. The Kier molecular flexibility index (Phi) is 5.82. The molecule has 0 spiro atoms. The Morgan fingerprint density at radius 3 is 2.22 bits per heavy atom. The Balaban J connectivity index is 2.83. The predicted molar refractivity (Wildman–Crippen MR) is 78.5 cm³/mol. The number of hydrogen-bond acceptors (Lipinski definition) is 2. The Morgan fingerprint density at radius 2 is 1.78 bits per heavy atom. The molecule has 5 heteroatoms. The summed E-state index contributed by atoms with van der Waals surface area (Å²) in [6, 6.07) is 6.81. The average molecular weight is 334 g/mol. The fourth-order valence-electron chi connectivity index (χ4n) is 1.72. The summed E-state index contributed by atoms with van der Waals surface area (Å²) in [4.78, 5) is 0.322. The molecule has 0 saturated heterocycles. The fraction of sp³-hybridized carbons (Fsp3) is 0.538. The van der Waals surface area contributed by atoms with Gasteiger partial charge in [-0.15, -0.1) is 0 Å². The van der Waals surface area contributed by atoms with Crippen LogP contribution in [-0.4, -0.2) is 19.8 Å². The maximum Gasteiger partial charge on any atom is 0.240 e. The van der Waals surface area contributed by atoms with Crippen LogP contribution in [0.25, 0.3) is 0 Å². The van der Waals surface area contributed by atoms with Crippen molar-refractivity contribution < 1.29 is 8.42 Å². The lowest BCUT2D eigenvalue weighted by molar-refractivity contribution is 0.488. The predicted octanol–water partition coefficient (Wildman–Crippen LogP) is 3.08. The molecule has 1 aromatic carbocycles. The molecule has 0 aliphatic carbocycles. The van der Waals surface area contributed by atoms with Crippen molar-refractivity contribution >= 4 is 26.0 Å². The number of nitrogens with one attached hydrogen (secondary N) is 1. The van der Waals surface area contributed by atoms with E-state index >= 15 is 0 Å². The zero-order chi connectivity index (χ0) is 13.8. The van der Waals surface area contributed by atoms with Gasteiger partial charge < -0.3 is 0 Å². The molecule has 1 rings (SSSR count). The van der Waals surface area contributed by atoms with E-state index in [9.17, 15) is 8.42 Å². The molecule has 0 saturated carbocycles. The molecule has 0 aromatic heterocycles. The average Bonchev–Trinajstić information content (AvgIpc) is 2.27. The van der Waals surface area contributed by atoms with Crippen molar-refractivity contribution in [1.29, 1.82) is 0 Å². The second-order valence-electron chi connectivity index (χ2n) is 4.92. The Hall–Kier alpha value is -0.390. The zero-order valence-corrected chi connectivity index (χ0v) is 13.4. The van der Waals surface area contributed by atoms with Crippen molar-refractivity contribution in [2.24, 2.45) is 5.92 Å². The maximum atomic E-state index is 12.2. The largest absolute Gasteiger partial charge is 0.240 e. The first-order valence-electron chi connectivity index (χ1n) is 6.00. The molecule has 1 atom stereocenters. The summed E-state index contributed by atoms with van der Waals surface area (Å²) < 4.78 is 27.1. The standard InChI is InChI=1S/C13H20BrNO2S/c1-10(2)8-12(9-14)15-18(16,17)13-6-4-11(3)5-7-13/h4-7,10,12,15H,8-9H2,1-3H3/t12-/m0/s1. The monoisotopic (exact) mass is 333 g/mol. The molecule has 0 radical (unpaired) electrons. The first kappa shape index (κ1) is 15.7. The van der Waals surface area contributed by atoms with Gasteiger partial charge in [0.15, 0.2) is 0 Å². The van der Waals surface area contributed by atoms with Gasteiger partial charge in [0.25, 0.3) is 0 Å². The van der Waals surface area contributed by atoms with Crippen LogP contribution in [0.3, 0.4) is 0 Å². The number of alkyl halides is 1. The van der Waals surface area contributed by atoms with Crippen molar-refractivity contribution in [3.8, 4) is 0 Å². The van der Waals surface area contributed by atoms with Crippen LogP contribution in [-0.2, 0) is 10.0 Å². The molecule has 0 aliphatic heterocycles. The summed E-state index contributed by atoms with van der Waals surface area (Å²) in [5.74, 6) is 0.452. The van der Waals surface area contributed by atoms with E-state index < -0.39 is 10.0 Å². The van der Waals surface area contributed by atoms with Crippen LogP contribution in [0.2, 0.25) is 0 Å². The van der Waals surface area contributed by atoms with Gasteiger partial charge in [0.1, 0.15) is 0 Å². The van der Waals surface area contributed by atoms with E-state index in [-0.39, 0.29) is 6.04 Å². The van der Waals surface area contributed by atoms with Gasteiger partial charge in [-0.3, -0.25) is 0 Å². The van der Waals surface area contributed by atoms with E-state index in [1.165, 1.54) is 0 Å². The topological polar surface area (TPSA) is 46.2 Å². The van der Waals surface area contributed by atoms with Gasteiger partial charge in [0.2, 0.25) is 10.0 Å². The van der Waals surface area contributed by atoms with Crippen molar-refractivity contribution in [3.63, 3.8) is 0 Å². The normalized spacial score (nSPS) is 13.8.